The molecule has 0 N–H and O–H groups in total. The normalized spacial score (nSPS) is 29.0. The summed E-state index contributed by atoms with van der Waals surface area (Å²) in [6.45, 7) is 18.7. The van der Waals surface area contributed by atoms with Gasteiger partial charge in [0.05, 0.1) is 12.7 Å². The summed E-state index contributed by atoms with van der Waals surface area (Å²) in [7, 11) is -1.82. The van der Waals surface area contributed by atoms with Crippen molar-refractivity contribution in [2.45, 2.75) is 96.3 Å². The highest BCUT2D eigenvalue weighted by molar-refractivity contribution is 6.74. The number of fused-ring (bicyclic) bond motifs is 1. The lowest BCUT2D eigenvalue weighted by Crippen LogP contribution is -2.58. The van der Waals surface area contributed by atoms with E-state index in [1.54, 1.807) is 0 Å². The molecule has 2 aliphatic rings. The summed E-state index contributed by atoms with van der Waals surface area (Å²) in [4.78, 5) is 0. The summed E-state index contributed by atoms with van der Waals surface area (Å²) in [6.07, 6.45) is 5.33. The summed E-state index contributed by atoms with van der Waals surface area (Å²) in [5, 5.41) is 7.03. The van der Waals surface area contributed by atoms with E-state index in [4.69, 9.17) is 9.16 Å². The first-order valence-corrected chi connectivity index (χ1v) is 11.5. The van der Waals surface area contributed by atoms with Gasteiger partial charge in [-0.05, 0) is 38.4 Å². The zero-order chi connectivity index (χ0) is 16.8. The maximum atomic E-state index is 6.86. The molecule has 0 radical (unpaired) electrons. The van der Waals surface area contributed by atoms with Gasteiger partial charge in [0.15, 0.2) is 14.0 Å². The fourth-order valence-corrected chi connectivity index (χ4v) is 4.63. The summed E-state index contributed by atoms with van der Waals surface area (Å²) in [5.41, 5.74) is -0.454. The minimum absolute atomic E-state index is 0.116. The summed E-state index contributed by atoms with van der Waals surface area (Å²) < 4.78 is 12.9. The highest BCUT2D eigenvalue weighted by Gasteiger charge is 2.59. The lowest BCUT2D eigenvalue weighted by atomic mass is 9.87. The minimum Gasteiger partial charge on any atom is -0.411 e. The molecule has 2 atom stereocenters. The van der Waals surface area contributed by atoms with E-state index in [-0.39, 0.29) is 22.4 Å². The van der Waals surface area contributed by atoms with Crippen LogP contribution in [0.15, 0.2) is 5.10 Å². The molecule has 0 aromatic heterocycles. The van der Waals surface area contributed by atoms with Gasteiger partial charge in [-0.3, -0.25) is 5.01 Å². The van der Waals surface area contributed by atoms with Crippen LogP contribution in [-0.4, -0.2) is 43.5 Å². The Bertz CT molecular complexity index is 442. The van der Waals surface area contributed by atoms with Gasteiger partial charge in [-0.1, -0.05) is 34.1 Å². The van der Waals surface area contributed by atoms with Crippen LogP contribution in [0.2, 0.25) is 18.1 Å². The van der Waals surface area contributed by atoms with Gasteiger partial charge in [0.1, 0.15) is 5.54 Å². The van der Waals surface area contributed by atoms with Crippen molar-refractivity contribution in [2.75, 3.05) is 6.61 Å². The minimum atomic E-state index is -1.82. The monoisotopic (exact) mass is 326 g/mol. The molecule has 1 fully saturated rings. The maximum absolute atomic E-state index is 6.86. The van der Waals surface area contributed by atoms with Crippen LogP contribution < -0.4 is 0 Å². The molecule has 0 aromatic rings. The highest BCUT2D eigenvalue weighted by Crippen LogP contribution is 2.47. The molecule has 0 saturated carbocycles. The van der Waals surface area contributed by atoms with Crippen LogP contribution in [0.4, 0.5) is 0 Å². The second-order valence-corrected chi connectivity index (χ2v) is 13.6. The first-order chi connectivity index (χ1) is 9.96. The van der Waals surface area contributed by atoms with Crippen molar-refractivity contribution in [3.63, 3.8) is 0 Å². The topological polar surface area (TPSA) is 34.1 Å². The average Bonchev–Trinajstić information content (AvgIpc) is 2.89. The van der Waals surface area contributed by atoms with Crippen LogP contribution in [0, 0.1) is 0 Å². The molecule has 0 bridgehead atoms. The van der Waals surface area contributed by atoms with Crippen molar-refractivity contribution in [3.8, 4) is 0 Å². The Balaban J connectivity index is 2.29. The van der Waals surface area contributed by atoms with Gasteiger partial charge in [-0.25, -0.2) is 0 Å². The largest absolute Gasteiger partial charge is 0.411 e. The van der Waals surface area contributed by atoms with E-state index in [2.05, 4.69) is 64.7 Å². The number of hydrogen-bond acceptors (Lipinski definition) is 4. The van der Waals surface area contributed by atoms with E-state index in [1.807, 2.05) is 6.21 Å². The van der Waals surface area contributed by atoms with E-state index in [0.717, 1.165) is 19.3 Å². The average molecular weight is 327 g/mol. The molecule has 128 valence electrons. The Morgan fingerprint density at radius 2 is 2.00 bits per heavy atom. The zero-order valence-corrected chi connectivity index (χ0v) is 16.7. The van der Waals surface area contributed by atoms with Crippen molar-refractivity contribution in [2.24, 2.45) is 5.10 Å². The van der Waals surface area contributed by atoms with Crippen molar-refractivity contribution < 1.29 is 9.16 Å². The third-order valence-corrected chi connectivity index (χ3v) is 10.1. The van der Waals surface area contributed by atoms with Gasteiger partial charge in [-0.15, -0.1) is 0 Å². The molecule has 5 heteroatoms. The summed E-state index contributed by atoms with van der Waals surface area (Å²) in [5.74, 6) is 0. The van der Waals surface area contributed by atoms with Gasteiger partial charge in [0.2, 0.25) is 0 Å². The molecule has 0 aromatic carbocycles. The molecule has 2 rings (SSSR count). The molecule has 0 aliphatic carbocycles. The molecule has 22 heavy (non-hydrogen) atoms. The first-order valence-electron chi connectivity index (χ1n) is 8.61. The highest BCUT2D eigenvalue weighted by atomic mass is 28.4. The van der Waals surface area contributed by atoms with E-state index < -0.39 is 8.32 Å². The van der Waals surface area contributed by atoms with Crippen LogP contribution in [0.25, 0.3) is 0 Å². The molecule has 0 amide bonds. The van der Waals surface area contributed by atoms with E-state index in [0.29, 0.717) is 6.61 Å². The molecule has 0 unspecified atom stereocenters. The van der Waals surface area contributed by atoms with Crippen molar-refractivity contribution in [3.05, 3.63) is 0 Å². The SMILES string of the molecule is CCC[C@@H](O[Si](C)(C)C(C)(C)C)[C@]12CC=NN1C(C)(C)OC2. The molecule has 4 nitrogen and oxygen atoms in total. The number of nitrogens with zero attached hydrogens (tertiary/aromatic N) is 2. The van der Waals surface area contributed by atoms with Crippen molar-refractivity contribution >= 4 is 14.5 Å². The molecule has 0 spiro atoms. The Morgan fingerprint density at radius 3 is 2.55 bits per heavy atom. The number of hydrogen-bond donors (Lipinski definition) is 0. The number of rotatable bonds is 5. The summed E-state index contributed by atoms with van der Waals surface area (Å²) in [6, 6.07) is 0. The third kappa shape index (κ3) is 2.87. The predicted molar refractivity (Wildman–Crippen MR) is 94.7 cm³/mol. The fourth-order valence-electron chi connectivity index (χ4n) is 3.23. The number of hydrazone groups is 1. The quantitative estimate of drug-likeness (QED) is 0.703. The van der Waals surface area contributed by atoms with Gasteiger partial charge >= 0.3 is 0 Å². The van der Waals surface area contributed by atoms with E-state index in [9.17, 15) is 0 Å². The van der Waals surface area contributed by atoms with Crippen LogP contribution >= 0.6 is 0 Å². The van der Waals surface area contributed by atoms with Crippen LogP contribution in [0.3, 0.4) is 0 Å². The Labute approximate surface area is 137 Å². The summed E-state index contributed by atoms with van der Waals surface area (Å²) >= 11 is 0. The van der Waals surface area contributed by atoms with Gasteiger partial charge < -0.3 is 9.16 Å². The fraction of sp³-hybridized carbons (Fsp3) is 0.941. The van der Waals surface area contributed by atoms with Crippen LogP contribution in [0.5, 0.6) is 0 Å². The first kappa shape index (κ1) is 18.0. The molecule has 2 heterocycles. The maximum Gasteiger partial charge on any atom is 0.192 e. The second-order valence-electron chi connectivity index (χ2n) is 8.81. The zero-order valence-electron chi connectivity index (χ0n) is 15.7. The Morgan fingerprint density at radius 1 is 1.36 bits per heavy atom. The standard InChI is InChI=1S/C17H34N2O2Si/c1-9-10-14(21-22(7,8)15(2,3)4)17-11-12-18-19(17)16(5,6)20-13-17/h12,14H,9-11,13H2,1-8H3/t14-,17-/m1/s1. The lowest BCUT2D eigenvalue weighted by Gasteiger charge is -2.46. The van der Waals surface area contributed by atoms with Gasteiger partial charge in [0.25, 0.3) is 0 Å². The molecular formula is C17H34N2O2Si. The van der Waals surface area contributed by atoms with Crippen molar-refractivity contribution in [1.82, 2.24) is 5.01 Å². The third-order valence-electron chi connectivity index (χ3n) is 5.64. The predicted octanol–water partition coefficient (Wildman–Crippen LogP) is 4.37. The van der Waals surface area contributed by atoms with Crippen molar-refractivity contribution in [1.29, 1.82) is 0 Å². The van der Waals surface area contributed by atoms with Crippen LogP contribution in [0.1, 0.15) is 60.8 Å². The molecule has 1 saturated heterocycles. The second kappa shape index (κ2) is 5.60. The lowest BCUT2D eigenvalue weighted by molar-refractivity contribution is -0.0687. The van der Waals surface area contributed by atoms with E-state index in [1.165, 1.54) is 0 Å². The van der Waals surface area contributed by atoms with Crippen LogP contribution in [-0.2, 0) is 9.16 Å². The molecule has 2 aliphatic heterocycles. The Hall–Kier alpha value is -0.393. The van der Waals surface area contributed by atoms with E-state index >= 15 is 0 Å². The smallest absolute Gasteiger partial charge is 0.192 e. The molecular weight excluding hydrogens is 292 g/mol. The Kier molecular flexibility index (Phi) is 4.57. The number of ether oxygens (including phenoxy) is 1. The van der Waals surface area contributed by atoms with Gasteiger partial charge in [-0.2, -0.15) is 5.10 Å². The van der Waals surface area contributed by atoms with Gasteiger partial charge in [0, 0.05) is 12.6 Å².